The Morgan fingerprint density at radius 3 is 2.70 bits per heavy atom. The molecular formula is C16H24N2O2. The first-order valence-electron chi connectivity index (χ1n) is 7.31. The molecule has 1 aromatic carbocycles. The second-order valence-corrected chi connectivity index (χ2v) is 5.39. The van der Waals surface area contributed by atoms with Crippen molar-refractivity contribution < 1.29 is 9.53 Å². The number of carbonyl (C=O) groups excluding carboxylic acids is 1. The van der Waals surface area contributed by atoms with E-state index in [-0.39, 0.29) is 5.91 Å². The lowest BCUT2D eigenvalue weighted by Gasteiger charge is -2.25. The minimum absolute atomic E-state index is 0.0699. The van der Waals surface area contributed by atoms with Gasteiger partial charge in [0.1, 0.15) is 0 Å². The van der Waals surface area contributed by atoms with Crippen LogP contribution in [0.1, 0.15) is 24.8 Å². The van der Waals surface area contributed by atoms with Gasteiger partial charge in [0.05, 0.1) is 12.6 Å². The maximum atomic E-state index is 12.4. The van der Waals surface area contributed by atoms with Crippen molar-refractivity contribution in [1.29, 1.82) is 0 Å². The third kappa shape index (κ3) is 4.32. The summed E-state index contributed by atoms with van der Waals surface area (Å²) in [6.45, 7) is 1.23. The summed E-state index contributed by atoms with van der Waals surface area (Å²) in [5.74, 6) is 0.0699. The quantitative estimate of drug-likeness (QED) is 0.784. The Kier molecular flexibility index (Phi) is 5.56. The number of nitrogens with two attached hydrogens (primary N) is 1. The Labute approximate surface area is 120 Å². The molecule has 0 radical (unpaired) electrons. The third-order valence-corrected chi connectivity index (χ3v) is 3.71. The molecule has 0 aromatic heterocycles. The molecule has 0 spiro atoms. The molecule has 0 bridgehead atoms. The van der Waals surface area contributed by atoms with E-state index < -0.39 is 6.04 Å². The largest absolute Gasteiger partial charge is 0.383 e. The lowest BCUT2D eigenvalue weighted by molar-refractivity contribution is -0.134. The highest BCUT2D eigenvalue weighted by molar-refractivity contribution is 5.82. The molecule has 20 heavy (non-hydrogen) atoms. The van der Waals surface area contributed by atoms with Crippen LogP contribution in [-0.4, -0.2) is 43.2 Å². The molecule has 1 amide bonds. The van der Waals surface area contributed by atoms with E-state index in [1.165, 1.54) is 5.56 Å². The predicted octanol–water partition coefficient (Wildman–Crippen LogP) is 1.58. The zero-order valence-electron chi connectivity index (χ0n) is 12.1. The number of amides is 1. The molecule has 1 aliphatic carbocycles. The summed E-state index contributed by atoms with van der Waals surface area (Å²) in [5.41, 5.74) is 7.30. The molecular weight excluding hydrogens is 252 g/mol. The Bertz CT molecular complexity index is 418. The number of rotatable bonds is 8. The van der Waals surface area contributed by atoms with Gasteiger partial charge < -0.3 is 15.4 Å². The maximum Gasteiger partial charge on any atom is 0.239 e. The zero-order valence-corrected chi connectivity index (χ0v) is 12.1. The molecule has 1 aromatic rings. The minimum atomic E-state index is -0.410. The van der Waals surface area contributed by atoms with Crippen LogP contribution in [0.5, 0.6) is 0 Å². The van der Waals surface area contributed by atoms with Gasteiger partial charge in [0, 0.05) is 19.7 Å². The highest BCUT2D eigenvalue weighted by atomic mass is 16.5. The first kappa shape index (κ1) is 15.0. The van der Waals surface area contributed by atoms with Crippen LogP contribution in [0.25, 0.3) is 0 Å². The van der Waals surface area contributed by atoms with Gasteiger partial charge in [-0.15, -0.1) is 0 Å². The van der Waals surface area contributed by atoms with Crippen LogP contribution in [0.2, 0.25) is 0 Å². The van der Waals surface area contributed by atoms with Crippen molar-refractivity contribution in [3.05, 3.63) is 35.9 Å². The van der Waals surface area contributed by atoms with Crippen LogP contribution in [0.15, 0.2) is 30.3 Å². The summed E-state index contributed by atoms with van der Waals surface area (Å²) < 4.78 is 5.07. The monoisotopic (exact) mass is 276 g/mol. The number of hydrogen-bond donors (Lipinski definition) is 1. The number of hydrogen-bond acceptors (Lipinski definition) is 3. The Hall–Kier alpha value is -1.39. The minimum Gasteiger partial charge on any atom is -0.383 e. The second kappa shape index (κ2) is 7.41. The highest BCUT2D eigenvalue weighted by Gasteiger charge is 2.34. The summed E-state index contributed by atoms with van der Waals surface area (Å²) in [5, 5.41) is 0. The number of ether oxygens (including phenoxy) is 1. The molecule has 1 atom stereocenters. The van der Waals surface area contributed by atoms with E-state index in [9.17, 15) is 4.79 Å². The van der Waals surface area contributed by atoms with Gasteiger partial charge >= 0.3 is 0 Å². The van der Waals surface area contributed by atoms with Gasteiger partial charge in [0.25, 0.3) is 0 Å². The van der Waals surface area contributed by atoms with Crippen LogP contribution in [0.4, 0.5) is 0 Å². The van der Waals surface area contributed by atoms with Gasteiger partial charge in [-0.05, 0) is 31.2 Å². The Morgan fingerprint density at radius 1 is 1.40 bits per heavy atom. The Morgan fingerprint density at radius 2 is 2.10 bits per heavy atom. The van der Waals surface area contributed by atoms with Crippen molar-refractivity contribution in [2.75, 3.05) is 20.3 Å². The molecule has 4 nitrogen and oxygen atoms in total. The molecule has 0 saturated heterocycles. The van der Waals surface area contributed by atoms with Gasteiger partial charge in [-0.1, -0.05) is 30.3 Å². The van der Waals surface area contributed by atoms with E-state index in [2.05, 4.69) is 12.1 Å². The van der Waals surface area contributed by atoms with Gasteiger partial charge in [0.2, 0.25) is 5.91 Å². The van der Waals surface area contributed by atoms with Crippen LogP contribution >= 0.6 is 0 Å². The number of nitrogens with zero attached hydrogens (tertiary/aromatic N) is 1. The van der Waals surface area contributed by atoms with E-state index >= 15 is 0 Å². The van der Waals surface area contributed by atoms with Crippen molar-refractivity contribution in [3.8, 4) is 0 Å². The van der Waals surface area contributed by atoms with E-state index in [1.54, 1.807) is 7.11 Å². The summed E-state index contributed by atoms with van der Waals surface area (Å²) in [7, 11) is 1.66. The van der Waals surface area contributed by atoms with Gasteiger partial charge in [0.15, 0.2) is 0 Å². The smallest absolute Gasteiger partial charge is 0.239 e. The van der Waals surface area contributed by atoms with Crippen LogP contribution in [0.3, 0.4) is 0 Å². The average molecular weight is 276 g/mol. The summed E-state index contributed by atoms with van der Waals surface area (Å²) in [4.78, 5) is 14.3. The van der Waals surface area contributed by atoms with E-state index in [0.717, 1.165) is 19.3 Å². The topological polar surface area (TPSA) is 55.6 Å². The molecule has 0 heterocycles. The summed E-state index contributed by atoms with van der Waals surface area (Å²) >= 11 is 0. The lowest BCUT2D eigenvalue weighted by atomic mass is 10.0. The molecule has 4 heteroatoms. The first-order chi connectivity index (χ1) is 9.72. The van der Waals surface area contributed by atoms with Crippen molar-refractivity contribution in [3.63, 3.8) is 0 Å². The predicted molar refractivity (Wildman–Crippen MR) is 79.3 cm³/mol. The first-order valence-corrected chi connectivity index (χ1v) is 7.31. The Balaban J connectivity index is 1.83. The third-order valence-electron chi connectivity index (χ3n) is 3.71. The van der Waals surface area contributed by atoms with Crippen molar-refractivity contribution in [2.45, 2.75) is 37.8 Å². The van der Waals surface area contributed by atoms with Crippen LogP contribution in [-0.2, 0) is 16.0 Å². The number of benzene rings is 1. The molecule has 110 valence electrons. The standard InChI is InChI=1S/C16H24N2O2/c1-20-12-11-18(14-8-9-14)16(19)15(17)10-7-13-5-3-2-4-6-13/h2-6,14-15H,7-12,17H2,1H3/t15-/m0/s1. The molecule has 2 rings (SSSR count). The molecule has 1 aliphatic rings. The lowest BCUT2D eigenvalue weighted by Crippen LogP contribution is -2.46. The summed E-state index contributed by atoms with van der Waals surface area (Å²) in [6.07, 6.45) is 3.73. The molecule has 1 saturated carbocycles. The van der Waals surface area contributed by atoms with Gasteiger partial charge in [-0.25, -0.2) is 0 Å². The molecule has 2 N–H and O–H groups in total. The zero-order chi connectivity index (χ0) is 14.4. The van der Waals surface area contributed by atoms with E-state index in [4.69, 9.17) is 10.5 Å². The van der Waals surface area contributed by atoms with Crippen molar-refractivity contribution in [1.82, 2.24) is 4.90 Å². The van der Waals surface area contributed by atoms with Gasteiger partial charge in [-0.3, -0.25) is 4.79 Å². The second-order valence-electron chi connectivity index (χ2n) is 5.39. The van der Waals surface area contributed by atoms with Crippen molar-refractivity contribution in [2.24, 2.45) is 5.73 Å². The fourth-order valence-corrected chi connectivity index (χ4v) is 2.35. The molecule has 0 unspecified atom stereocenters. The van der Waals surface area contributed by atoms with Crippen LogP contribution in [0, 0.1) is 0 Å². The fraction of sp³-hybridized carbons (Fsp3) is 0.562. The SMILES string of the molecule is COCCN(C(=O)[C@@H](N)CCc1ccccc1)C1CC1. The van der Waals surface area contributed by atoms with Crippen LogP contribution < -0.4 is 5.73 Å². The molecule has 0 aliphatic heterocycles. The van der Waals surface area contributed by atoms with Gasteiger partial charge in [-0.2, -0.15) is 0 Å². The maximum absolute atomic E-state index is 12.4. The van der Waals surface area contributed by atoms with Crippen molar-refractivity contribution >= 4 is 5.91 Å². The average Bonchev–Trinajstić information content (AvgIpc) is 3.31. The number of carbonyl (C=O) groups is 1. The molecule has 1 fully saturated rings. The number of methoxy groups -OCH3 is 1. The normalized spacial score (nSPS) is 15.9. The highest BCUT2D eigenvalue weighted by Crippen LogP contribution is 2.27. The summed E-state index contributed by atoms with van der Waals surface area (Å²) in [6, 6.07) is 10.1. The fourth-order valence-electron chi connectivity index (χ4n) is 2.35. The van der Waals surface area contributed by atoms with E-state index in [1.807, 2.05) is 23.1 Å². The number of aryl methyl sites for hydroxylation is 1. The van der Waals surface area contributed by atoms with E-state index in [0.29, 0.717) is 25.6 Å².